The molecule has 1 saturated heterocycles. The normalized spacial score (nSPS) is 17.5. The van der Waals surface area contributed by atoms with Crippen molar-refractivity contribution in [2.45, 2.75) is 12.8 Å². The molecule has 0 aromatic carbocycles. The molecule has 0 unspecified atom stereocenters. The van der Waals surface area contributed by atoms with Crippen molar-refractivity contribution in [3.63, 3.8) is 0 Å². The average molecular weight is 144 g/mol. The Labute approximate surface area is 60.1 Å². The summed E-state index contributed by atoms with van der Waals surface area (Å²) in [6.07, 6.45) is 1.93. The van der Waals surface area contributed by atoms with Crippen molar-refractivity contribution in [1.82, 2.24) is 10.4 Å². The van der Waals surface area contributed by atoms with Gasteiger partial charge in [-0.05, 0) is 12.8 Å². The summed E-state index contributed by atoms with van der Waals surface area (Å²) in [5.74, 6) is 0. The molecule has 0 aromatic rings. The van der Waals surface area contributed by atoms with E-state index >= 15 is 0 Å². The topological polar surface area (TPSA) is 41.6 Å². The van der Waals surface area contributed by atoms with Gasteiger partial charge in [-0.25, -0.2) is 4.79 Å². The van der Waals surface area contributed by atoms with E-state index in [0.29, 0.717) is 0 Å². The minimum atomic E-state index is -0.264. The Morgan fingerprint density at radius 1 is 1.50 bits per heavy atom. The van der Waals surface area contributed by atoms with Crippen LogP contribution in [-0.2, 0) is 4.84 Å². The molecule has 1 fully saturated rings. The van der Waals surface area contributed by atoms with Gasteiger partial charge in [-0.1, -0.05) is 0 Å². The van der Waals surface area contributed by atoms with E-state index in [0.717, 1.165) is 25.9 Å². The lowest BCUT2D eigenvalue weighted by atomic mass is 10.4. The molecular weight excluding hydrogens is 132 g/mol. The molecule has 10 heavy (non-hydrogen) atoms. The van der Waals surface area contributed by atoms with E-state index in [1.165, 1.54) is 0 Å². The highest BCUT2D eigenvalue weighted by molar-refractivity contribution is 5.67. The Balaban J connectivity index is 2.25. The molecular formula is C6H12N2O2. The first kappa shape index (κ1) is 7.34. The second-order valence-electron chi connectivity index (χ2n) is 2.27. The summed E-state index contributed by atoms with van der Waals surface area (Å²) >= 11 is 0. The van der Waals surface area contributed by atoms with Crippen LogP contribution in [0.4, 0.5) is 4.79 Å². The van der Waals surface area contributed by atoms with Crippen LogP contribution in [0.5, 0.6) is 0 Å². The summed E-state index contributed by atoms with van der Waals surface area (Å²) in [4.78, 5) is 17.1. The monoisotopic (exact) mass is 144 g/mol. The van der Waals surface area contributed by atoms with Gasteiger partial charge in [0.2, 0.25) is 0 Å². The predicted molar refractivity (Wildman–Crippen MR) is 36.3 cm³/mol. The minimum Gasteiger partial charge on any atom is -0.354 e. The summed E-state index contributed by atoms with van der Waals surface area (Å²) in [6, 6.07) is 0. The average Bonchev–Trinajstić information content (AvgIpc) is 2.38. The van der Waals surface area contributed by atoms with Crippen molar-refractivity contribution in [1.29, 1.82) is 0 Å². The molecule has 1 aliphatic heterocycles. The number of hydrogen-bond acceptors (Lipinski definition) is 3. The number of rotatable bonds is 1. The minimum absolute atomic E-state index is 0.264. The van der Waals surface area contributed by atoms with Gasteiger partial charge in [0.1, 0.15) is 0 Å². The van der Waals surface area contributed by atoms with Gasteiger partial charge < -0.3 is 9.74 Å². The van der Waals surface area contributed by atoms with E-state index in [-0.39, 0.29) is 6.09 Å². The van der Waals surface area contributed by atoms with Gasteiger partial charge >= 0.3 is 6.09 Å². The number of likely N-dealkylation sites (tertiary alicyclic amines) is 1. The first-order valence-electron chi connectivity index (χ1n) is 3.47. The van der Waals surface area contributed by atoms with E-state index in [2.05, 4.69) is 10.3 Å². The van der Waals surface area contributed by atoms with Crippen molar-refractivity contribution in [2.24, 2.45) is 0 Å². The van der Waals surface area contributed by atoms with Gasteiger partial charge in [-0.2, -0.15) is 5.48 Å². The van der Waals surface area contributed by atoms with Crippen LogP contribution in [0.25, 0.3) is 0 Å². The fraction of sp³-hybridized carbons (Fsp3) is 0.833. The summed E-state index contributed by atoms with van der Waals surface area (Å²) < 4.78 is 0. The number of nitrogens with one attached hydrogen (secondary N) is 1. The first-order chi connectivity index (χ1) is 4.84. The van der Waals surface area contributed by atoms with E-state index < -0.39 is 0 Å². The molecule has 1 rings (SSSR count). The van der Waals surface area contributed by atoms with Crippen LogP contribution in [0, 0.1) is 0 Å². The third-order valence-corrected chi connectivity index (χ3v) is 1.55. The molecule has 0 aromatic heterocycles. The van der Waals surface area contributed by atoms with Crippen molar-refractivity contribution in [3.8, 4) is 0 Å². The smallest absolute Gasteiger partial charge is 0.354 e. The fourth-order valence-electron chi connectivity index (χ4n) is 1.05. The highest BCUT2D eigenvalue weighted by Crippen LogP contribution is 2.07. The van der Waals surface area contributed by atoms with Crippen LogP contribution in [0.1, 0.15) is 12.8 Å². The van der Waals surface area contributed by atoms with Gasteiger partial charge in [0.15, 0.2) is 0 Å². The quantitative estimate of drug-likeness (QED) is 0.540. The van der Waals surface area contributed by atoms with Crippen molar-refractivity contribution < 1.29 is 9.63 Å². The van der Waals surface area contributed by atoms with Gasteiger partial charge in [-0.3, -0.25) is 0 Å². The molecule has 0 saturated carbocycles. The fourth-order valence-corrected chi connectivity index (χ4v) is 1.05. The molecule has 0 aliphatic carbocycles. The number of hydrogen-bond donors (Lipinski definition) is 1. The molecule has 0 bridgehead atoms. The second kappa shape index (κ2) is 3.41. The van der Waals surface area contributed by atoms with E-state index in [9.17, 15) is 4.79 Å². The highest BCUT2D eigenvalue weighted by atomic mass is 16.7. The number of carbonyl (C=O) groups is 1. The molecule has 4 heteroatoms. The van der Waals surface area contributed by atoms with Crippen LogP contribution in [0.3, 0.4) is 0 Å². The van der Waals surface area contributed by atoms with Crippen LogP contribution in [0.15, 0.2) is 0 Å². The molecule has 1 N–H and O–H groups in total. The lowest BCUT2D eigenvalue weighted by molar-refractivity contribution is 0.0717. The number of hydroxylamine groups is 1. The summed E-state index contributed by atoms with van der Waals surface area (Å²) in [6.45, 7) is 1.67. The SMILES string of the molecule is CNOC(=O)N1CCCC1. The van der Waals surface area contributed by atoms with Gasteiger partial charge in [0.05, 0.1) is 0 Å². The summed E-state index contributed by atoms with van der Waals surface area (Å²) in [5.41, 5.74) is 2.35. The lowest BCUT2D eigenvalue weighted by Gasteiger charge is -2.12. The third-order valence-electron chi connectivity index (χ3n) is 1.55. The van der Waals surface area contributed by atoms with Gasteiger partial charge in [0, 0.05) is 20.1 Å². The summed E-state index contributed by atoms with van der Waals surface area (Å²) in [5, 5.41) is 0. The molecule has 0 atom stereocenters. The molecule has 0 spiro atoms. The van der Waals surface area contributed by atoms with Crippen LogP contribution >= 0.6 is 0 Å². The van der Waals surface area contributed by atoms with Crippen molar-refractivity contribution >= 4 is 6.09 Å². The standard InChI is InChI=1S/C6H12N2O2/c1-7-10-6(9)8-4-2-3-5-8/h7H,2-5H2,1H3. The molecule has 4 nitrogen and oxygen atoms in total. The molecule has 1 amide bonds. The zero-order valence-corrected chi connectivity index (χ0v) is 6.09. The molecule has 1 heterocycles. The predicted octanol–water partition coefficient (Wildman–Crippen LogP) is 0.353. The van der Waals surface area contributed by atoms with Crippen LogP contribution in [0.2, 0.25) is 0 Å². The zero-order chi connectivity index (χ0) is 7.40. The van der Waals surface area contributed by atoms with Crippen LogP contribution < -0.4 is 5.48 Å². The summed E-state index contributed by atoms with van der Waals surface area (Å²) in [7, 11) is 1.58. The zero-order valence-electron chi connectivity index (χ0n) is 6.09. The Bertz CT molecular complexity index is 121. The van der Waals surface area contributed by atoms with Crippen LogP contribution in [-0.4, -0.2) is 31.1 Å². The largest absolute Gasteiger partial charge is 0.428 e. The maximum atomic E-state index is 10.9. The lowest BCUT2D eigenvalue weighted by Crippen LogP contribution is -2.31. The van der Waals surface area contributed by atoms with E-state index in [4.69, 9.17) is 0 Å². The molecule has 0 radical (unpaired) electrons. The Morgan fingerprint density at radius 2 is 2.10 bits per heavy atom. The van der Waals surface area contributed by atoms with E-state index in [1.54, 1.807) is 11.9 Å². The molecule has 1 aliphatic rings. The van der Waals surface area contributed by atoms with Gasteiger partial charge in [-0.15, -0.1) is 0 Å². The molecule has 58 valence electrons. The second-order valence-corrected chi connectivity index (χ2v) is 2.27. The Kier molecular flexibility index (Phi) is 2.50. The van der Waals surface area contributed by atoms with Crippen molar-refractivity contribution in [2.75, 3.05) is 20.1 Å². The van der Waals surface area contributed by atoms with Gasteiger partial charge in [0.25, 0.3) is 0 Å². The maximum Gasteiger partial charge on any atom is 0.428 e. The first-order valence-corrected chi connectivity index (χ1v) is 3.47. The number of amides is 1. The number of carbonyl (C=O) groups excluding carboxylic acids is 1. The van der Waals surface area contributed by atoms with Crippen molar-refractivity contribution in [3.05, 3.63) is 0 Å². The highest BCUT2D eigenvalue weighted by Gasteiger charge is 2.18. The van der Waals surface area contributed by atoms with E-state index in [1.807, 2.05) is 0 Å². The third kappa shape index (κ3) is 1.60. The Hall–Kier alpha value is -0.770. The maximum absolute atomic E-state index is 10.9. The Morgan fingerprint density at radius 3 is 2.60 bits per heavy atom. The number of nitrogens with zero attached hydrogens (tertiary/aromatic N) is 1.